The summed E-state index contributed by atoms with van der Waals surface area (Å²) in [6.45, 7) is 1.99. The summed E-state index contributed by atoms with van der Waals surface area (Å²) in [5.41, 5.74) is 0.221. The van der Waals surface area contributed by atoms with Crippen LogP contribution in [0.2, 0.25) is 0 Å². The standard InChI is InChI=1S/C13H18N2O5/c1-2-3-4-5-12(15(19)20)13(16)10-6-8-11(9-7-10)14(17)18/h6-9,12-13,16H,2-5H2,1H3/t12-,13+/m0/s1. The van der Waals surface area contributed by atoms with Crippen molar-refractivity contribution in [2.45, 2.75) is 44.8 Å². The van der Waals surface area contributed by atoms with Crippen molar-refractivity contribution < 1.29 is 15.0 Å². The smallest absolute Gasteiger partial charge is 0.269 e. The Morgan fingerprint density at radius 2 is 1.75 bits per heavy atom. The van der Waals surface area contributed by atoms with Crippen LogP contribution in [-0.2, 0) is 0 Å². The van der Waals surface area contributed by atoms with Crippen molar-refractivity contribution in [3.8, 4) is 0 Å². The van der Waals surface area contributed by atoms with E-state index < -0.39 is 22.0 Å². The van der Waals surface area contributed by atoms with Gasteiger partial charge in [-0.15, -0.1) is 0 Å². The summed E-state index contributed by atoms with van der Waals surface area (Å²) in [6, 6.07) is 4.12. The number of nitro benzene ring substituents is 1. The predicted molar refractivity (Wildman–Crippen MR) is 73.0 cm³/mol. The molecule has 1 N–H and O–H groups in total. The van der Waals surface area contributed by atoms with Crippen LogP contribution < -0.4 is 0 Å². The third-order valence-corrected chi connectivity index (χ3v) is 3.18. The molecular formula is C13H18N2O5. The van der Waals surface area contributed by atoms with Gasteiger partial charge in [0.05, 0.1) is 4.92 Å². The highest BCUT2D eigenvalue weighted by atomic mass is 16.6. The molecule has 2 atom stereocenters. The summed E-state index contributed by atoms with van der Waals surface area (Å²) < 4.78 is 0. The van der Waals surface area contributed by atoms with Gasteiger partial charge in [-0.3, -0.25) is 20.2 Å². The second-order valence-corrected chi connectivity index (χ2v) is 4.64. The molecular weight excluding hydrogens is 264 g/mol. The van der Waals surface area contributed by atoms with Gasteiger partial charge in [-0.25, -0.2) is 0 Å². The zero-order valence-electron chi connectivity index (χ0n) is 11.3. The van der Waals surface area contributed by atoms with E-state index in [9.17, 15) is 25.3 Å². The average molecular weight is 282 g/mol. The fraction of sp³-hybridized carbons (Fsp3) is 0.538. The molecule has 0 bridgehead atoms. The SMILES string of the molecule is CCCCC[C@@H]([C@H](O)c1ccc([N+](=O)[O-])cc1)[N+](=O)[O-]. The number of rotatable bonds is 8. The number of non-ortho nitro benzene ring substituents is 1. The van der Waals surface area contributed by atoms with E-state index in [4.69, 9.17) is 0 Å². The number of hydrogen-bond donors (Lipinski definition) is 1. The zero-order chi connectivity index (χ0) is 15.1. The van der Waals surface area contributed by atoms with E-state index in [0.29, 0.717) is 18.4 Å². The minimum atomic E-state index is -1.25. The Balaban J connectivity index is 2.80. The Bertz CT molecular complexity index is 460. The maximum Gasteiger partial charge on any atom is 0.269 e. The van der Waals surface area contributed by atoms with Crippen molar-refractivity contribution in [3.05, 3.63) is 50.1 Å². The first-order chi connectivity index (χ1) is 9.47. The Labute approximate surface area is 116 Å². The van der Waals surface area contributed by atoms with Crippen LogP contribution in [0.4, 0.5) is 5.69 Å². The molecule has 0 saturated carbocycles. The highest BCUT2D eigenvalue weighted by Gasteiger charge is 2.30. The molecule has 1 rings (SSSR count). The normalized spacial score (nSPS) is 13.7. The molecule has 110 valence electrons. The average Bonchev–Trinajstić information content (AvgIpc) is 2.42. The number of aliphatic hydroxyl groups excluding tert-OH is 1. The minimum absolute atomic E-state index is 0.107. The molecule has 0 aliphatic carbocycles. The van der Waals surface area contributed by atoms with E-state index in [1.54, 1.807) is 0 Å². The molecule has 0 unspecified atom stereocenters. The lowest BCUT2D eigenvalue weighted by Gasteiger charge is -2.16. The minimum Gasteiger partial charge on any atom is -0.381 e. The molecule has 0 fully saturated rings. The van der Waals surface area contributed by atoms with Crippen molar-refractivity contribution in [2.75, 3.05) is 0 Å². The number of unbranched alkanes of at least 4 members (excludes halogenated alkanes) is 2. The predicted octanol–water partition coefficient (Wildman–Crippen LogP) is 2.85. The van der Waals surface area contributed by atoms with Crippen molar-refractivity contribution in [1.82, 2.24) is 0 Å². The van der Waals surface area contributed by atoms with Crippen LogP contribution in [0.15, 0.2) is 24.3 Å². The van der Waals surface area contributed by atoms with E-state index in [2.05, 4.69) is 0 Å². The Morgan fingerprint density at radius 3 is 2.20 bits per heavy atom. The van der Waals surface area contributed by atoms with Gasteiger partial charge in [-0.05, 0) is 24.1 Å². The quantitative estimate of drug-likeness (QED) is 0.448. The number of benzene rings is 1. The van der Waals surface area contributed by atoms with Crippen molar-refractivity contribution in [2.24, 2.45) is 0 Å². The molecule has 7 nitrogen and oxygen atoms in total. The molecule has 0 heterocycles. The topological polar surface area (TPSA) is 107 Å². The van der Waals surface area contributed by atoms with E-state index in [1.807, 2.05) is 6.92 Å². The molecule has 0 aliphatic heterocycles. The van der Waals surface area contributed by atoms with Gasteiger partial charge in [0.15, 0.2) is 0 Å². The van der Waals surface area contributed by atoms with Gasteiger partial charge >= 0.3 is 0 Å². The Kier molecular flexibility index (Phi) is 6.05. The number of aliphatic hydroxyl groups is 1. The second-order valence-electron chi connectivity index (χ2n) is 4.64. The molecule has 7 heteroatoms. The molecule has 0 aromatic heterocycles. The molecule has 0 radical (unpaired) electrons. The Hall–Kier alpha value is -2.02. The summed E-state index contributed by atoms with van der Waals surface area (Å²) in [6.07, 6.45) is 1.53. The zero-order valence-corrected chi connectivity index (χ0v) is 11.3. The third kappa shape index (κ3) is 4.27. The molecule has 0 saturated heterocycles. The second kappa shape index (κ2) is 7.54. The Morgan fingerprint density at radius 1 is 1.15 bits per heavy atom. The molecule has 0 amide bonds. The van der Waals surface area contributed by atoms with Crippen LogP contribution in [0.25, 0.3) is 0 Å². The summed E-state index contributed by atoms with van der Waals surface area (Å²) >= 11 is 0. The van der Waals surface area contributed by atoms with Gasteiger partial charge in [0.1, 0.15) is 6.10 Å². The van der Waals surface area contributed by atoms with E-state index in [0.717, 1.165) is 12.8 Å². The number of nitro groups is 2. The maximum absolute atomic E-state index is 11.0. The lowest BCUT2D eigenvalue weighted by atomic mass is 9.97. The van der Waals surface area contributed by atoms with Crippen LogP contribution in [0.5, 0.6) is 0 Å². The molecule has 0 aliphatic rings. The fourth-order valence-corrected chi connectivity index (χ4v) is 2.00. The van der Waals surface area contributed by atoms with Gasteiger partial charge in [0, 0.05) is 23.5 Å². The fourth-order valence-electron chi connectivity index (χ4n) is 2.00. The molecule has 1 aromatic carbocycles. The van der Waals surface area contributed by atoms with Crippen LogP contribution in [-0.4, -0.2) is 21.0 Å². The highest BCUT2D eigenvalue weighted by Crippen LogP contribution is 2.24. The largest absolute Gasteiger partial charge is 0.381 e. The first kappa shape index (κ1) is 16.0. The lowest BCUT2D eigenvalue weighted by molar-refractivity contribution is -0.537. The van der Waals surface area contributed by atoms with Gasteiger partial charge in [-0.1, -0.05) is 19.8 Å². The lowest BCUT2D eigenvalue weighted by Crippen LogP contribution is -2.27. The maximum atomic E-state index is 11.0. The van der Waals surface area contributed by atoms with Gasteiger partial charge in [-0.2, -0.15) is 0 Å². The molecule has 1 aromatic rings. The number of hydrogen-bond acceptors (Lipinski definition) is 5. The third-order valence-electron chi connectivity index (χ3n) is 3.18. The van der Waals surface area contributed by atoms with Crippen LogP contribution >= 0.6 is 0 Å². The summed E-state index contributed by atoms with van der Waals surface area (Å²) in [5.74, 6) is 0. The first-order valence-electron chi connectivity index (χ1n) is 6.53. The number of nitrogens with zero attached hydrogens (tertiary/aromatic N) is 2. The van der Waals surface area contributed by atoms with Crippen LogP contribution in [0.1, 0.15) is 44.3 Å². The van der Waals surface area contributed by atoms with Gasteiger partial charge < -0.3 is 5.11 Å². The van der Waals surface area contributed by atoms with Gasteiger partial charge in [0.2, 0.25) is 6.04 Å². The first-order valence-corrected chi connectivity index (χ1v) is 6.53. The van der Waals surface area contributed by atoms with E-state index in [1.165, 1.54) is 24.3 Å². The van der Waals surface area contributed by atoms with Crippen LogP contribution in [0, 0.1) is 20.2 Å². The molecule has 20 heavy (non-hydrogen) atoms. The summed E-state index contributed by atoms with van der Waals surface area (Å²) in [7, 11) is 0. The van der Waals surface area contributed by atoms with E-state index >= 15 is 0 Å². The van der Waals surface area contributed by atoms with Crippen molar-refractivity contribution >= 4 is 5.69 Å². The summed E-state index contributed by atoms with van der Waals surface area (Å²) in [4.78, 5) is 20.5. The highest BCUT2D eigenvalue weighted by molar-refractivity contribution is 5.34. The monoisotopic (exact) mass is 282 g/mol. The van der Waals surface area contributed by atoms with Crippen LogP contribution in [0.3, 0.4) is 0 Å². The van der Waals surface area contributed by atoms with Crippen molar-refractivity contribution in [1.29, 1.82) is 0 Å². The molecule has 0 spiro atoms. The van der Waals surface area contributed by atoms with Crippen molar-refractivity contribution in [3.63, 3.8) is 0 Å². The van der Waals surface area contributed by atoms with Gasteiger partial charge in [0.25, 0.3) is 5.69 Å². The van der Waals surface area contributed by atoms with E-state index in [-0.39, 0.29) is 5.69 Å². The summed E-state index contributed by atoms with van der Waals surface area (Å²) in [5, 5.41) is 31.6.